The summed E-state index contributed by atoms with van der Waals surface area (Å²) in [7, 11) is 0. The van der Waals surface area contributed by atoms with Crippen LogP contribution in [0.5, 0.6) is 0 Å². The number of anilines is 1. The highest BCUT2D eigenvalue weighted by atomic mass is 19.1. The summed E-state index contributed by atoms with van der Waals surface area (Å²) in [6.45, 7) is 1.82. The molecule has 3 aromatic rings. The molecule has 0 fully saturated rings. The zero-order valence-electron chi connectivity index (χ0n) is 13.1. The third-order valence-electron chi connectivity index (χ3n) is 3.83. The Morgan fingerprint density at radius 3 is 2.62 bits per heavy atom. The monoisotopic (exact) mass is 325 g/mol. The van der Waals surface area contributed by atoms with Gasteiger partial charge < -0.3 is 5.32 Å². The van der Waals surface area contributed by atoms with E-state index in [-0.39, 0.29) is 17.3 Å². The Kier molecular flexibility index (Phi) is 4.37. The van der Waals surface area contributed by atoms with Gasteiger partial charge in [-0.15, -0.1) is 0 Å². The van der Waals surface area contributed by atoms with Crippen LogP contribution in [0.25, 0.3) is 10.9 Å². The minimum absolute atomic E-state index is 0.262. The molecule has 1 heterocycles. The molecular formula is C18H16FN3O2. The van der Waals surface area contributed by atoms with Crippen LogP contribution in [0, 0.1) is 5.82 Å². The van der Waals surface area contributed by atoms with Crippen LogP contribution < -0.4 is 10.9 Å². The van der Waals surface area contributed by atoms with Crippen molar-refractivity contribution in [2.75, 3.05) is 5.32 Å². The highest BCUT2D eigenvalue weighted by molar-refractivity contribution is 5.93. The molecule has 0 spiro atoms. The van der Waals surface area contributed by atoms with E-state index in [9.17, 15) is 14.0 Å². The van der Waals surface area contributed by atoms with Crippen LogP contribution in [0.3, 0.4) is 0 Å². The van der Waals surface area contributed by atoms with Crippen molar-refractivity contribution < 1.29 is 9.18 Å². The van der Waals surface area contributed by atoms with Gasteiger partial charge in [-0.25, -0.2) is 9.37 Å². The molecule has 1 aromatic heterocycles. The molecule has 5 nitrogen and oxygen atoms in total. The number of carbonyl (C=O) groups excluding carboxylic acids is 1. The predicted molar refractivity (Wildman–Crippen MR) is 90.4 cm³/mol. The molecule has 1 amide bonds. The SMILES string of the molecule is CC[C@H](C(=O)Nc1ccc(F)cc1)n1cnc2ccccc2c1=O. The largest absolute Gasteiger partial charge is 0.324 e. The Hall–Kier alpha value is -3.02. The highest BCUT2D eigenvalue weighted by Crippen LogP contribution is 2.15. The topological polar surface area (TPSA) is 64.0 Å². The van der Waals surface area contributed by atoms with Gasteiger partial charge in [0.1, 0.15) is 11.9 Å². The van der Waals surface area contributed by atoms with Crippen molar-refractivity contribution >= 4 is 22.5 Å². The molecule has 122 valence electrons. The summed E-state index contributed by atoms with van der Waals surface area (Å²) in [6.07, 6.45) is 1.82. The van der Waals surface area contributed by atoms with Crippen molar-refractivity contribution in [3.05, 3.63) is 71.0 Å². The second-order valence-electron chi connectivity index (χ2n) is 5.39. The number of rotatable bonds is 4. The van der Waals surface area contributed by atoms with Crippen molar-refractivity contribution in [1.82, 2.24) is 9.55 Å². The number of amides is 1. The molecule has 0 saturated heterocycles. The maximum Gasteiger partial charge on any atom is 0.261 e. The second-order valence-corrected chi connectivity index (χ2v) is 5.39. The van der Waals surface area contributed by atoms with E-state index in [1.165, 1.54) is 35.2 Å². The molecule has 24 heavy (non-hydrogen) atoms. The maximum absolute atomic E-state index is 12.9. The van der Waals surface area contributed by atoms with Crippen LogP contribution in [0.4, 0.5) is 10.1 Å². The molecule has 0 aliphatic carbocycles. The van der Waals surface area contributed by atoms with Crippen LogP contribution >= 0.6 is 0 Å². The number of nitrogens with one attached hydrogen (secondary N) is 1. The van der Waals surface area contributed by atoms with E-state index in [1.807, 2.05) is 6.92 Å². The van der Waals surface area contributed by atoms with Crippen LogP contribution in [0.15, 0.2) is 59.7 Å². The van der Waals surface area contributed by atoms with Gasteiger partial charge in [-0.05, 0) is 42.8 Å². The van der Waals surface area contributed by atoms with E-state index in [2.05, 4.69) is 10.3 Å². The van der Waals surface area contributed by atoms with Gasteiger partial charge in [0.25, 0.3) is 5.56 Å². The zero-order valence-corrected chi connectivity index (χ0v) is 13.1. The summed E-state index contributed by atoms with van der Waals surface area (Å²) in [6, 6.07) is 11.8. The van der Waals surface area contributed by atoms with Crippen LogP contribution in [0.1, 0.15) is 19.4 Å². The van der Waals surface area contributed by atoms with Crippen LogP contribution in [-0.2, 0) is 4.79 Å². The molecule has 0 radical (unpaired) electrons. The molecule has 1 atom stereocenters. The fraction of sp³-hybridized carbons (Fsp3) is 0.167. The normalized spacial score (nSPS) is 12.1. The summed E-state index contributed by atoms with van der Waals surface area (Å²) >= 11 is 0. The third kappa shape index (κ3) is 3.03. The van der Waals surface area contributed by atoms with E-state index >= 15 is 0 Å². The van der Waals surface area contributed by atoms with Gasteiger partial charge in [-0.1, -0.05) is 19.1 Å². The number of halogens is 1. The Morgan fingerprint density at radius 1 is 1.21 bits per heavy atom. The fourth-order valence-corrected chi connectivity index (χ4v) is 2.57. The molecule has 3 rings (SSSR count). The van der Waals surface area contributed by atoms with E-state index < -0.39 is 6.04 Å². The molecule has 6 heteroatoms. The lowest BCUT2D eigenvalue weighted by molar-refractivity contribution is -0.119. The van der Waals surface area contributed by atoms with Gasteiger partial charge in [-0.2, -0.15) is 0 Å². The molecular weight excluding hydrogens is 309 g/mol. The summed E-state index contributed by atoms with van der Waals surface area (Å²) < 4.78 is 14.3. The first-order chi connectivity index (χ1) is 11.6. The lowest BCUT2D eigenvalue weighted by atomic mass is 10.1. The minimum atomic E-state index is -0.695. The molecule has 0 unspecified atom stereocenters. The summed E-state index contributed by atoms with van der Waals surface area (Å²) in [5.41, 5.74) is 0.802. The van der Waals surface area contributed by atoms with E-state index in [0.717, 1.165) is 0 Å². The number of carbonyl (C=O) groups is 1. The molecule has 1 N–H and O–H groups in total. The first-order valence-electron chi connectivity index (χ1n) is 7.62. The second kappa shape index (κ2) is 6.62. The molecule has 0 bridgehead atoms. The average Bonchev–Trinajstić information content (AvgIpc) is 2.60. The predicted octanol–water partition coefficient (Wildman–Crippen LogP) is 3.13. The molecule has 0 aliphatic rings. The van der Waals surface area contributed by atoms with Gasteiger partial charge in [0, 0.05) is 5.69 Å². The zero-order chi connectivity index (χ0) is 17.1. The van der Waals surface area contributed by atoms with E-state index in [1.54, 1.807) is 24.3 Å². The van der Waals surface area contributed by atoms with Crippen molar-refractivity contribution in [1.29, 1.82) is 0 Å². The lowest BCUT2D eigenvalue weighted by Gasteiger charge is -2.18. The standard InChI is InChI=1S/C18H16FN3O2/c1-2-16(17(23)21-13-9-7-12(19)8-10-13)22-11-20-15-6-4-3-5-14(15)18(22)24/h3-11,16H,2H2,1H3,(H,21,23)/t16-/m1/s1. The van der Waals surface area contributed by atoms with Crippen molar-refractivity contribution in [3.8, 4) is 0 Å². The summed E-state index contributed by atoms with van der Waals surface area (Å²) in [5.74, 6) is -0.724. The smallest absolute Gasteiger partial charge is 0.261 e. The van der Waals surface area contributed by atoms with Crippen molar-refractivity contribution in [3.63, 3.8) is 0 Å². The average molecular weight is 325 g/mol. The highest BCUT2D eigenvalue weighted by Gasteiger charge is 2.20. The first-order valence-corrected chi connectivity index (χ1v) is 7.62. The Labute approximate surface area is 137 Å². The number of para-hydroxylation sites is 1. The van der Waals surface area contributed by atoms with Crippen molar-refractivity contribution in [2.24, 2.45) is 0 Å². The third-order valence-corrected chi connectivity index (χ3v) is 3.83. The van der Waals surface area contributed by atoms with Crippen LogP contribution in [0.2, 0.25) is 0 Å². The molecule has 0 aliphatic heterocycles. The lowest BCUT2D eigenvalue weighted by Crippen LogP contribution is -2.33. The van der Waals surface area contributed by atoms with E-state index in [4.69, 9.17) is 0 Å². The fourth-order valence-electron chi connectivity index (χ4n) is 2.57. The van der Waals surface area contributed by atoms with Gasteiger partial charge in [0.2, 0.25) is 5.91 Å². The van der Waals surface area contributed by atoms with Gasteiger partial charge in [0.05, 0.1) is 17.2 Å². The number of hydrogen-bond donors (Lipinski definition) is 1. The number of nitrogens with zero attached hydrogens (tertiary/aromatic N) is 2. The maximum atomic E-state index is 12.9. The summed E-state index contributed by atoms with van der Waals surface area (Å²) in [4.78, 5) is 29.4. The Morgan fingerprint density at radius 2 is 1.92 bits per heavy atom. The molecule has 2 aromatic carbocycles. The Bertz CT molecular complexity index is 935. The van der Waals surface area contributed by atoms with Crippen LogP contribution in [-0.4, -0.2) is 15.5 Å². The number of aromatic nitrogens is 2. The van der Waals surface area contributed by atoms with Gasteiger partial charge >= 0.3 is 0 Å². The number of hydrogen-bond acceptors (Lipinski definition) is 3. The van der Waals surface area contributed by atoms with E-state index in [0.29, 0.717) is 23.0 Å². The summed E-state index contributed by atoms with van der Waals surface area (Å²) in [5, 5.41) is 3.17. The minimum Gasteiger partial charge on any atom is -0.324 e. The van der Waals surface area contributed by atoms with Gasteiger partial charge in [0.15, 0.2) is 0 Å². The first kappa shape index (κ1) is 15.9. The number of benzene rings is 2. The van der Waals surface area contributed by atoms with Gasteiger partial charge in [-0.3, -0.25) is 14.2 Å². The molecule has 0 saturated carbocycles. The number of fused-ring (bicyclic) bond motifs is 1. The quantitative estimate of drug-likeness (QED) is 0.801. The Balaban J connectivity index is 1.93. The van der Waals surface area contributed by atoms with Crippen molar-refractivity contribution in [2.45, 2.75) is 19.4 Å².